The average molecular weight is 437 g/mol. The van der Waals surface area contributed by atoms with Gasteiger partial charge in [0.1, 0.15) is 19.8 Å². The second kappa shape index (κ2) is 10.3. The minimum absolute atomic E-state index is 0.0207. The van der Waals surface area contributed by atoms with Crippen LogP contribution in [0.15, 0.2) is 42.5 Å². The molecule has 2 aromatic rings. The van der Waals surface area contributed by atoms with Gasteiger partial charge in [-0.2, -0.15) is 0 Å². The fourth-order valence-electron chi connectivity index (χ4n) is 3.80. The van der Waals surface area contributed by atoms with E-state index in [2.05, 4.69) is 5.32 Å². The number of nitrogens with zero attached hydrogens (tertiary/aromatic N) is 3. The summed E-state index contributed by atoms with van der Waals surface area (Å²) in [5.41, 5.74) is 4.54. The van der Waals surface area contributed by atoms with Crippen molar-refractivity contribution in [3.05, 3.63) is 59.2 Å². The molecule has 1 heterocycles. The largest absolute Gasteiger partial charge is 0.322 e. The fraction of sp³-hybridized carbons (Fsp3) is 0.400. The molecule has 1 aliphatic heterocycles. The molecule has 0 aliphatic carbocycles. The number of benzene rings is 2. The molecule has 0 radical (unpaired) electrons. The van der Waals surface area contributed by atoms with Crippen molar-refractivity contribution in [1.29, 1.82) is 0 Å². The van der Waals surface area contributed by atoms with Gasteiger partial charge in [-0.1, -0.05) is 43.7 Å². The number of nitrogens with one attached hydrogen (secondary N) is 1. The van der Waals surface area contributed by atoms with Gasteiger partial charge in [-0.3, -0.25) is 14.5 Å². The molecule has 0 saturated carbocycles. The van der Waals surface area contributed by atoms with Gasteiger partial charge in [0.05, 0.1) is 0 Å². The van der Waals surface area contributed by atoms with E-state index >= 15 is 0 Å². The molecule has 1 aliphatic rings. The lowest BCUT2D eigenvalue weighted by molar-refractivity contribution is -0.132. The zero-order valence-corrected chi connectivity index (χ0v) is 19.4. The number of hydrogen-bond acceptors (Lipinski definition) is 3. The van der Waals surface area contributed by atoms with Crippen molar-refractivity contribution in [2.24, 2.45) is 0 Å². The highest BCUT2D eigenvalue weighted by Crippen LogP contribution is 2.22. The van der Waals surface area contributed by atoms with Gasteiger partial charge in [0.15, 0.2) is 0 Å². The summed E-state index contributed by atoms with van der Waals surface area (Å²) in [6, 6.07) is 13.2. The van der Waals surface area contributed by atoms with E-state index in [4.69, 9.17) is 0 Å². The smallest absolute Gasteiger partial charge is 0.315 e. The normalized spacial score (nSPS) is 13.4. The number of carbonyl (C=O) groups excluding carboxylic acids is 3. The van der Waals surface area contributed by atoms with Crippen LogP contribution in [-0.4, -0.2) is 53.9 Å². The molecule has 1 fully saturated rings. The lowest BCUT2D eigenvalue weighted by atomic mass is 10.1. The van der Waals surface area contributed by atoms with Crippen LogP contribution in [0.5, 0.6) is 0 Å². The number of para-hydroxylation sites is 1. The Morgan fingerprint density at radius 1 is 1.06 bits per heavy atom. The van der Waals surface area contributed by atoms with E-state index in [-0.39, 0.29) is 37.6 Å². The van der Waals surface area contributed by atoms with Gasteiger partial charge in [-0.25, -0.2) is 4.79 Å². The Morgan fingerprint density at radius 3 is 2.41 bits per heavy atom. The van der Waals surface area contributed by atoms with E-state index in [0.29, 0.717) is 6.54 Å². The van der Waals surface area contributed by atoms with Gasteiger partial charge < -0.3 is 15.1 Å². The average Bonchev–Trinajstić information content (AvgIpc) is 3.15. The number of unbranched alkanes of at least 4 members (excludes halogenated alkanes) is 1. The Labute approximate surface area is 190 Å². The van der Waals surface area contributed by atoms with E-state index in [1.165, 1.54) is 9.80 Å². The summed E-state index contributed by atoms with van der Waals surface area (Å²) in [6.45, 7) is 8.53. The van der Waals surface area contributed by atoms with Gasteiger partial charge >= 0.3 is 6.03 Å². The third kappa shape index (κ3) is 5.46. The maximum absolute atomic E-state index is 13.0. The SMILES string of the molecule is CCCCN(CC(=O)N1CC(=O)N(c2cccc(C)c2)C1)C(=O)Nc1c(C)cccc1C. The van der Waals surface area contributed by atoms with Crippen LogP contribution in [-0.2, 0) is 9.59 Å². The van der Waals surface area contributed by atoms with Gasteiger partial charge in [-0.05, 0) is 56.0 Å². The predicted molar refractivity (Wildman–Crippen MR) is 127 cm³/mol. The second-order valence-electron chi connectivity index (χ2n) is 8.37. The van der Waals surface area contributed by atoms with Crippen LogP contribution < -0.4 is 10.2 Å². The minimum Gasteiger partial charge on any atom is -0.315 e. The number of aryl methyl sites for hydroxylation is 3. The molecule has 170 valence electrons. The Kier molecular flexibility index (Phi) is 7.51. The molecule has 0 unspecified atom stereocenters. The standard InChI is InChI=1S/C25H32N4O3/c1-5-6-13-27(25(32)26-24-19(3)10-8-11-20(24)4)15-22(30)28-16-23(31)29(17-28)21-12-7-9-18(2)14-21/h7-12,14H,5-6,13,15-17H2,1-4H3,(H,26,32). The van der Waals surface area contributed by atoms with Crippen LogP contribution in [0.1, 0.15) is 36.5 Å². The summed E-state index contributed by atoms with van der Waals surface area (Å²) in [7, 11) is 0. The maximum Gasteiger partial charge on any atom is 0.322 e. The lowest BCUT2D eigenvalue weighted by Crippen LogP contribution is -2.44. The van der Waals surface area contributed by atoms with Crippen molar-refractivity contribution in [2.75, 3.05) is 36.5 Å². The minimum atomic E-state index is -0.301. The Morgan fingerprint density at radius 2 is 1.75 bits per heavy atom. The van der Waals surface area contributed by atoms with E-state index in [1.807, 2.05) is 70.2 Å². The first-order valence-corrected chi connectivity index (χ1v) is 11.1. The lowest BCUT2D eigenvalue weighted by Gasteiger charge is -2.26. The third-order valence-electron chi connectivity index (χ3n) is 5.71. The van der Waals surface area contributed by atoms with Crippen LogP contribution in [0.3, 0.4) is 0 Å². The number of amides is 4. The fourth-order valence-corrected chi connectivity index (χ4v) is 3.80. The first-order chi connectivity index (χ1) is 15.3. The zero-order chi connectivity index (χ0) is 23.3. The van der Waals surface area contributed by atoms with E-state index in [1.54, 1.807) is 4.90 Å². The molecule has 1 N–H and O–H groups in total. The van der Waals surface area contributed by atoms with E-state index < -0.39 is 0 Å². The third-order valence-corrected chi connectivity index (χ3v) is 5.71. The Hall–Kier alpha value is -3.35. The van der Waals surface area contributed by atoms with Gasteiger partial charge in [0, 0.05) is 17.9 Å². The summed E-state index contributed by atoms with van der Waals surface area (Å²) in [6.07, 6.45) is 1.70. The Balaban J connectivity index is 1.69. The predicted octanol–water partition coefficient (Wildman–Crippen LogP) is 4.08. The molecule has 1 saturated heterocycles. The monoisotopic (exact) mass is 436 g/mol. The van der Waals surface area contributed by atoms with Crippen LogP contribution in [0.25, 0.3) is 0 Å². The molecule has 7 nitrogen and oxygen atoms in total. The van der Waals surface area contributed by atoms with Gasteiger partial charge in [-0.15, -0.1) is 0 Å². The topological polar surface area (TPSA) is 73.0 Å². The number of urea groups is 1. The summed E-state index contributed by atoms with van der Waals surface area (Å²) in [5, 5.41) is 2.97. The van der Waals surface area contributed by atoms with Crippen molar-refractivity contribution in [1.82, 2.24) is 9.80 Å². The van der Waals surface area contributed by atoms with Gasteiger partial charge in [0.25, 0.3) is 0 Å². The number of carbonyl (C=O) groups is 3. The summed E-state index contributed by atoms with van der Waals surface area (Å²) in [4.78, 5) is 43.3. The highest BCUT2D eigenvalue weighted by molar-refractivity contribution is 6.01. The van der Waals surface area contributed by atoms with Crippen molar-refractivity contribution in [3.8, 4) is 0 Å². The van der Waals surface area contributed by atoms with Crippen LogP contribution >= 0.6 is 0 Å². The summed E-state index contributed by atoms with van der Waals surface area (Å²) >= 11 is 0. The highest BCUT2D eigenvalue weighted by atomic mass is 16.2. The molecule has 0 atom stereocenters. The zero-order valence-electron chi connectivity index (χ0n) is 19.4. The molecular weight excluding hydrogens is 404 g/mol. The molecule has 32 heavy (non-hydrogen) atoms. The molecular formula is C25H32N4O3. The number of hydrogen-bond donors (Lipinski definition) is 1. The maximum atomic E-state index is 13.0. The van der Waals surface area contributed by atoms with Crippen LogP contribution in [0.2, 0.25) is 0 Å². The number of anilines is 2. The van der Waals surface area contributed by atoms with Gasteiger partial charge in [0.2, 0.25) is 11.8 Å². The summed E-state index contributed by atoms with van der Waals surface area (Å²) < 4.78 is 0. The Bertz CT molecular complexity index is 984. The molecule has 0 aromatic heterocycles. The molecule has 4 amide bonds. The van der Waals surface area contributed by atoms with Crippen LogP contribution in [0.4, 0.5) is 16.2 Å². The molecule has 0 bridgehead atoms. The van der Waals surface area contributed by atoms with Crippen molar-refractivity contribution < 1.29 is 14.4 Å². The second-order valence-corrected chi connectivity index (χ2v) is 8.37. The number of rotatable bonds is 7. The molecule has 0 spiro atoms. The molecule has 7 heteroatoms. The highest BCUT2D eigenvalue weighted by Gasteiger charge is 2.33. The van der Waals surface area contributed by atoms with Crippen molar-refractivity contribution >= 4 is 29.2 Å². The van der Waals surface area contributed by atoms with Crippen LogP contribution in [0, 0.1) is 20.8 Å². The first kappa shape index (κ1) is 23.3. The van der Waals surface area contributed by atoms with E-state index in [0.717, 1.165) is 40.9 Å². The van der Waals surface area contributed by atoms with Crippen molar-refractivity contribution in [2.45, 2.75) is 40.5 Å². The molecule has 3 rings (SSSR count). The summed E-state index contributed by atoms with van der Waals surface area (Å²) in [5.74, 6) is -0.356. The first-order valence-electron chi connectivity index (χ1n) is 11.1. The van der Waals surface area contributed by atoms with E-state index in [9.17, 15) is 14.4 Å². The molecule has 2 aromatic carbocycles. The van der Waals surface area contributed by atoms with Crippen molar-refractivity contribution in [3.63, 3.8) is 0 Å². The quantitative estimate of drug-likeness (QED) is 0.711.